The van der Waals surface area contributed by atoms with E-state index in [4.69, 9.17) is 4.74 Å². The molecule has 2 aliphatic rings. The minimum Gasteiger partial charge on any atom is -0.426 e. The number of para-hydroxylation sites is 1. The van der Waals surface area contributed by atoms with Gasteiger partial charge < -0.3 is 9.64 Å². The zero-order chi connectivity index (χ0) is 19.0. The van der Waals surface area contributed by atoms with Gasteiger partial charge in [0.1, 0.15) is 5.75 Å². The third-order valence-electron chi connectivity index (χ3n) is 5.68. The Balaban J connectivity index is 1.62. The fraction of sp³-hybridized carbons (Fsp3) is 0.292. The maximum atomic E-state index is 12.3. The van der Waals surface area contributed by atoms with Crippen molar-refractivity contribution in [1.82, 2.24) is 0 Å². The molecule has 27 heavy (non-hydrogen) atoms. The van der Waals surface area contributed by atoms with Crippen LogP contribution < -0.4 is 9.64 Å². The van der Waals surface area contributed by atoms with Crippen molar-refractivity contribution in [2.75, 3.05) is 4.90 Å². The molecule has 0 radical (unpaired) electrons. The largest absolute Gasteiger partial charge is 0.426 e. The van der Waals surface area contributed by atoms with Crippen LogP contribution in [0.3, 0.4) is 0 Å². The van der Waals surface area contributed by atoms with Gasteiger partial charge in [0.15, 0.2) is 0 Å². The van der Waals surface area contributed by atoms with Crippen molar-refractivity contribution in [2.24, 2.45) is 5.41 Å². The van der Waals surface area contributed by atoms with E-state index in [0.717, 1.165) is 18.5 Å². The van der Waals surface area contributed by atoms with E-state index in [-0.39, 0.29) is 5.97 Å². The van der Waals surface area contributed by atoms with E-state index in [0.29, 0.717) is 11.8 Å². The molecular weight excluding hydrogens is 334 g/mol. The zero-order valence-electron chi connectivity index (χ0n) is 16.1. The number of esters is 1. The Morgan fingerprint density at radius 3 is 2.63 bits per heavy atom. The van der Waals surface area contributed by atoms with Crippen molar-refractivity contribution in [3.8, 4) is 5.75 Å². The van der Waals surface area contributed by atoms with Gasteiger partial charge in [-0.15, -0.1) is 0 Å². The molecule has 1 aliphatic carbocycles. The number of ether oxygens (including phenoxy) is 1. The van der Waals surface area contributed by atoms with Crippen molar-refractivity contribution < 1.29 is 9.53 Å². The highest BCUT2D eigenvalue weighted by Gasteiger charge is 2.34. The van der Waals surface area contributed by atoms with Crippen molar-refractivity contribution in [3.63, 3.8) is 0 Å². The number of carbonyl (C=O) groups is 1. The molecule has 1 aliphatic heterocycles. The number of rotatable bonds is 4. The summed E-state index contributed by atoms with van der Waals surface area (Å²) >= 11 is 0. The normalized spacial score (nSPS) is 18.0. The van der Waals surface area contributed by atoms with Crippen molar-refractivity contribution in [1.29, 1.82) is 0 Å². The van der Waals surface area contributed by atoms with Gasteiger partial charge in [0.2, 0.25) is 0 Å². The summed E-state index contributed by atoms with van der Waals surface area (Å²) in [6, 6.07) is 16.7. The molecule has 0 bridgehead atoms. The summed E-state index contributed by atoms with van der Waals surface area (Å²) in [5.74, 6) is 0.406. The van der Waals surface area contributed by atoms with E-state index in [9.17, 15) is 4.79 Å². The molecular formula is C24H25NO2. The number of anilines is 2. The van der Waals surface area contributed by atoms with Gasteiger partial charge in [-0.1, -0.05) is 43.4 Å². The number of hydrogen-bond acceptors (Lipinski definition) is 3. The lowest BCUT2D eigenvalue weighted by atomic mass is 9.91. The molecule has 0 fully saturated rings. The predicted octanol–water partition coefficient (Wildman–Crippen LogP) is 5.89. The number of hydrogen-bond donors (Lipinski definition) is 0. The smallest absolute Gasteiger partial charge is 0.316 e. The molecule has 138 valence electrons. The summed E-state index contributed by atoms with van der Waals surface area (Å²) in [7, 11) is 0. The minimum absolute atomic E-state index is 0.188. The summed E-state index contributed by atoms with van der Waals surface area (Å²) in [5, 5.41) is 0. The van der Waals surface area contributed by atoms with Gasteiger partial charge >= 0.3 is 5.97 Å². The number of fused-ring (bicyclic) bond motifs is 3. The molecule has 0 aromatic heterocycles. The van der Waals surface area contributed by atoms with Gasteiger partial charge in [0.05, 0.1) is 11.5 Å². The van der Waals surface area contributed by atoms with E-state index < -0.39 is 5.41 Å². The van der Waals surface area contributed by atoms with Crippen molar-refractivity contribution in [2.45, 2.75) is 39.7 Å². The first kappa shape index (κ1) is 17.6. The van der Waals surface area contributed by atoms with Crippen LogP contribution in [0.2, 0.25) is 0 Å². The van der Waals surface area contributed by atoms with Crippen molar-refractivity contribution in [3.05, 3.63) is 72.3 Å². The lowest BCUT2D eigenvalue weighted by molar-refractivity contribution is -0.144. The Bertz CT molecular complexity index is 922. The second-order valence-electron chi connectivity index (χ2n) is 7.81. The second-order valence-corrected chi connectivity index (χ2v) is 7.81. The van der Waals surface area contributed by atoms with Gasteiger partial charge in [-0.2, -0.15) is 0 Å². The summed E-state index contributed by atoms with van der Waals surface area (Å²) in [4.78, 5) is 14.7. The summed E-state index contributed by atoms with van der Waals surface area (Å²) in [5.41, 5.74) is 4.54. The van der Waals surface area contributed by atoms with Gasteiger partial charge in [-0.25, -0.2) is 0 Å². The zero-order valence-corrected chi connectivity index (χ0v) is 16.1. The topological polar surface area (TPSA) is 29.5 Å². The van der Waals surface area contributed by atoms with Crippen LogP contribution in [-0.2, 0) is 4.79 Å². The van der Waals surface area contributed by atoms with Crippen LogP contribution >= 0.6 is 0 Å². The highest BCUT2D eigenvalue weighted by Crippen LogP contribution is 2.47. The maximum Gasteiger partial charge on any atom is 0.316 e. The van der Waals surface area contributed by atoms with E-state index >= 15 is 0 Å². The fourth-order valence-electron chi connectivity index (χ4n) is 3.61. The summed E-state index contributed by atoms with van der Waals surface area (Å²) in [6.45, 7) is 5.82. The highest BCUT2D eigenvalue weighted by molar-refractivity contribution is 5.93. The third kappa shape index (κ3) is 3.08. The first-order valence-electron chi connectivity index (χ1n) is 9.59. The summed E-state index contributed by atoms with van der Waals surface area (Å²) < 4.78 is 5.58. The van der Waals surface area contributed by atoms with Crippen LogP contribution in [0.15, 0.2) is 66.8 Å². The van der Waals surface area contributed by atoms with Gasteiger partial charge in [-0.05, 0) is 62.6 Å². The average molecular weight is 359 g/mol. The molecule has 0 saturated carbocycles. The third-order valence-corrected chi connectivity index (χ3v) is 5.68. The Hall–Kier alpha value is -2.81. The molecule has 0 spiro atoms. The Morgan fingerprint density at radius 2 is 1.89 bits per heavy atom. The Morgan fingerprint density at radius 1 is 1.15 bits per heavy atom. The standard InChI is InChI=1S/C24H25NO2/c1-4-24(2,3)23(26)27-18-15-13-17(14-16-18)25-21-11-7-5-9-19(21)20-10-6-8-12-22(20)25/h5-11,13-16,22H,4,12H2,1-3H3. The molecule has 1 atom stereocenters. The van der Waals surface area contributed by atoms with Crippen LogP contribution in [0.5, 0.6) is 5.75 Å². The quantitative estimate of drug-likeness (QED) is 0.503. The van der Waals surface area contributed by atoms with Crippen LogP contribution in [0, 0.1) is 5.41 Å². The number of benzene rings is 2. The first-order valence-corrected chi connectivity index (χ1v) is 9.59. The average Bonchev–Trinajstić information content (AvgIpc) is 3.03. The fourth-order valence-corrected chi connectivity index (χ4v) is 3.61. The molecule has 2 aromatic rings. The number of allylic oxidation sites excluding steroid dienone is 2. The molecule has 0 amide bonds. The van der Waals surface area contributed by atoms with Gasteiger partial charge in [-0.3, -0.25) is 4.79 Å². The number of nitrogens with zero attached hydrogens (tertiary/aromatic N) is 1. The molecule has 3 nitrogen and oxygen atoms in total. The molecule has 3 heteroatoms. The minimum atomic E-state index is -0.472. The Labute approximate surface area is 161 Å². The summed E-state index contributed by atoms with van der Waals surface area (Å²) in [6.07, 6.45) is 8.32. The monoisotopic (exact) mass is 359 g/mol. The number of carbonyl (C=O) groups excluding carboxylic acids is 1. The van der Waals surface area contributed by atoms with E-state index in [2.05, 4.69) is 47.4 Å². The maximum absolute atomic E-state index is 12.3. The Kier molecular flexibility index (Phi) is 4.39. The molecule has 1 unspecified atom stereocenters. The first-order chi connectivity index (χ1) is 13.0. The molecule has 0 saturated heterocycles. The molecule has 0 N–H and O–H groups in total. The van der Waals surface area contributed by atoms with Gasteiger partial charge in [0.25, 0.3) is 0 Å². The van der Waals surface area contributed by atoms with Crippen LogP contribution in [0.1, 0.15) is 39.2 Å². The van der Waals surface area contributed by atoms with Crippen molar-refractivity contribution >= 4 is 22.9 Å². The van der Waals surface area contributed by atoms with Crippen LogP contribution in [0.25, 0.3) is 5.57 Å². The van der Waals surface area contributed by atoms with E-state index in [1.165, 1.54) is 16.8 Å². The highest BCUT2D eigenvalue weighted by atomic mass is 16.5. The molecule has 4 rings (SSSR count). The lowest BCUT2D eigenvalue weighted by Crippen LogP contribution is -2.28. The van der Waals surface area contributed by atoms with E-state index in [1.807, 2.05) is 45.0 Å². The molecule has 1 heterocycles. The van der Waals surface area contributed by atoms with Crippen LogP contribution in [0.4, 0.5) is 11.4 Å². The van der Waals surface area contributed by atoms with E-state index in [1.54, 1.807) is 0 Å². The van der Waals surface area contributed by atoms with Crippen LogP contribution in [-0.4, -0.2) is 12.0 Å². The lowest BCUT2D eigenvalue weighted by Gasteiger charge is -2.28. The molecule has 2 aromatic carbocycles. The SMILES string of the molecule is CCC(C)(C)C(=O)Oc1ccc(N2c3ccccc3C3=CC=CCC32)cc1. The second kappa shape index (κ2) is 6.73. The van der Waals surface area contributed by atoms with Gasteiger partial charge in [0, 0.05) is 16.9 Å². The predicted molar refractivity (Wildman–Crippen MR) is 110 cm³/mol.